The molecule has 0 heterocycles. The number of unbranched alkanes of at least 4 members (excludes halogenated alkanes) is 1. The van der Waals surface area contributed by atoms with Crippen molar-refractivity contribution >= 4 is 21.0 Å². The summed E-state index contributed by atoms with van der Waals surface area (Å²) in [5.41, 5.74) is 5.08. The van der Waals surface area contributed by atoms with E-state index in [2.05, 4.69) is 0 Å². The lowest BCUT2D eigenvalue weighted by Crippen LogP contribution is -2.09. The average Bonchev–Trinajstić information content (AvgIpc) is 1.78. The van der Waals surface area contributed by atoms with Gasteiger partial charge in [-0.05, 0) is 18.2 Å². The molecule has 0 rings (SSSR count). The lowest BCUT2D eigenvalue weighted by molar-refractivity contribution is 0.566. The van der Waals surface area contributed by atoms with Gasteiger partial charge < -0.3 is 10.3 Å². The van der Waals surface area contributed by atoms with Crippen LogP contribution in [-0.2, 0) is 9.80 Å². The van der Waals surface area contributed by atoms with E-state index in [1.807, 2.05) is 0 Å². The van der Waals surface area contributed by atoms with Crippen LogP contribution in [0.4, 0.5) is 0 Å². The molecule has 0 aromatic carbocycles. The van der Waals surface area contributed by atoms with Crippen molar-refractivity contribution in [2.45, 2.75) is 19.3 Å². The van der Waals surface area contributed by atoms with Gasteiger partial charge in [-0.25, -0.2) is 4.21 Å². The van der Waals surface area contributed by atoms with Crippen LogP contribution in [0.1, 0.15) is 19.3 Å². The zero-order valence-electron chi connectivity index (χ0n) is 6.54. The first-order valence-corrected chi connectivity index (χ1v) is 5.28. The Morgan fingerprint density at radius 3 is 2.73 bits per heavy atom. The quantitative estimate of drug-likeness (QED) is 0.250. The molecule has 0 amide bonds. The molecule has 4 nitrogen and oxygen atoms in total. The first-order valence-electron chi connectivity index (χ1n) is 3.29. The van der Waals surface area contributed by atoms with Crippen LogP contribution in [0.15, 0.2) is 0 Å². The Kier molecular flexibility index (Phi) is 4.14. The molecule has 0 spiro atoms. The monoisotopic (exact) mass is 178 g/mol. The minimum Gasteiger partial charge on any atom is -0.388 e. The van der Waals surface area contributed by atoms with Gasteiger partial charge in [0.25, 0.3) is 0 Å². The van der Waals surface area contributed by atoms with Crippen molar-refractivity contribution in [3.8, 4) is 0 Å². The van der Waals surface area contributed by atoms with Gasteiger partial charge in [0.15, 0.2) is 0 Å². The Labute approximate surface area is 67.1 Å². The van der Waals surface area contributed by atoms with E-state index in [0.29, 0.717) is 19.3 Å². The van der Waals surface area contributed by atoms with Crippen LogP contribution >= 0.6 is 0 Å². The highest BCUT2D eigenvalue weighted by Gasteiger charge is 1.91. The van der Waals surface area contributed by atoms with Crippen molar-refractivity contribution in [1.82, 2.24) is 0 Å². The zero-order valence-corrected chi connectivity index (χ0v) is 7.36. The predicted octanol–water partition coefficient (Wildman–Crippen LogP) is 0.282. The molecule has 0 aliphatic heterocycles. The van der Waals surface area contributed by atoms with Crippen molar-refractivity contribution < 1.29 is 8.76 Å². The molecule has 0 aliphatic carbocycles. The van der Waals surface area contributed by atoms with Gasteiger partial charge >= 0.3 is 0 Å². The molecule has 1 atom stereocenters. The highest BCUT2D eigenvalue weighted by atomic mass is 32.2. The van der Waals surface area contributed by atoms with Crippen LogP contribution in [-0.4, -0.2) is 26.2 Å². The molecule has 5 heteroatoms. The average molecular weight is 178 g/mol. The van der Waals surface area contributed by atoms with Crippen LogP contribution < -0.4 is 5.73 Å². The molecule has 0 radical (unpaired) electrons. The van der Waals surface area contributed by atoms with Gasteiger partial charge in [0.2, 0.25) is 0 Å². The lowest BCUT2D eigenvalue weighted by Gasteiger charge is -1.95. The Morgan fingerprint density at radius 1 is 1.82 bits per heavy atom. The van der Waals surface area contributed by atoms with Crippen molar-refractivity contribution in [1.29, 1.82) is 5.41 Å². The third kappa shape index (κ3) is 9.45. The maximum absolute atomic E-state index is 10.6. The summed E-state index contributed by atoms with van der Waals surface area (Å²) in [6, 6.07) is 0. The van der Waals surface area contributed by atoms with E-state index in [9.17, 15) is 4.21 Å². The van der Waals surface area contributed by atoms with Crippen molar-refractivity contribution in [3.05, 3.63) is 0 Å². The number of nitrogens with two attached hydrogens (primary N) is 1. The summed E-state index contributed by atoms with van der Waals surface area (Å²) in [7, 11) is -2.71. The molecule has 0 saturated heterocycles. The molecule has 0 aromatic rings. The van der Waals surface area contributed by atoms with Gasteiger partial charge in [-0.15, -0.1) is 0 Å². The van der Waals surface area contributed by atoms with Crippen molar-refractivity contribution in [2.24, 2.45) is 5.73 Å². The summed E-state index contributed by atoms with van der Waals surface area (Å²) in [6.45, 7) is 0. The molecule has 0 bridgehead atoms. The van der Waals surface area contributed by atoms with Gasteiger partial charge in [-0.2, -0.15) is 0 Å². The van der Waals surface area contributed by atoms with Crippen LogP contribution in [0.2, 0.25) is 0 Å². The van der Waals surface area contributed by atoms with E-state index in [4.69, 9.17) is 15.7 Å². The second-order valence-electron chi connectivity index (χ2n) is 2.45. The molecular formula is C6H14N2O2S. The summed E-state index contributed by atoms with van der Waals surface area (Å²) in [6.07, 6.45) is 2.96. The largest absolute Gasteiger partial charge is 0.388 e. The summed E-state index contributed by atoms with van der Waals surface area (Å²) >= 11 is 0. The summed E-state index contributed by atoms with van der Waals surface area (Å²) < 4.78 is 19.4. The fourth-order valence-electron chi connectivity index (χ4n) is 0.595. The van der Waals surface area contributed by atoms with Gasteiger partial charge in [0.05, 0.1) is 15.6 Å². The highest BCUT2D eigenvalue weighted by molar-refractivity contribution is 7.95. The molecule has 11 heavy (non-hydrogen) atoms. The molecular weight excluding hydrogens is 164 g/mol. The second-order valence-corrected chi connectivity index (χ2v) is 4.50. The SMILES string of the molecule is CS(=O)(O)=CCCCC(=N)N. The Morgan fingerprint density at radius 2 is 2.36 bits per heavy atom. The van der Waals surface area contributed by atoms with Gasteiger partial charge in [-0.3, -0.25) is 5.41 Å². The standard InChI is InChI=1S/C6H14N2O2S/c1-11(9,10)5-3-2-4-6(7)8/h5H,2-4H2,1H3,(H3,7,8)(H,9,10). The predicted molar refractivity (Wildman–Crippen MR) is 48.5 cm³/mol. The topological polar surface area (TPSA) is 87.2 Å². The number of hydrogen-bond acceptors (Lipinski definition) is 2. The summed E-state index contributed by atoms with van der Waals surface area (Å²) in [5, 5.41) is 8.22. The Hall–Kier alpha value is -0.550. The maximum atomic E-state index is 10.6. The third-order valence-corrected chi connectivity index (χ3v) is 1.93. The molecule has 1 unspecified atom stereocenters. The molecule has 66 valence electrons. The van der Waals surface area contributed by atoms with E-state index in [1.54, 1.807) is 0 Å². The smallest absolute Gasteiger partial charge is 0.0905 e. The second kappa shape index (κ2) is 4.35. The van der Waals surface area contributed by atoms with E-state index < -0.39 is 9.80 Å². The summed E-state index contributed by atoms with van der Waals surface area (Å²) in [4.78, 5) is 0. The number of nitrogens with one attached hydrogen (secondary N) is 1. The first kappa shape index (κ1) is 10.4. The van der Waals surface area contributed by atoms with Gasteiger partial charge in [-0.1, -0.05) is 0 Å². The van der Waals surface area contributed by atoms with Crippen LogP contribution in [0, 0.1) is 5.41 Å². The molecule has 0 saturated carbocycles. The number of rotatable bonds is 4. The van der Waals surface area contributed by atoms with Crippen molar-refractivity contribution in [2.75, 3.05) is 6.26 Å². The van der Waals surface area contributed by atoms with Crippen molar-refractivity contribution in [3.63, 3.8) is 0 Å². The van der Waals surface area contributed by atoms with Crippen LogP contribution in [0.5, 0.6) is 0 Å². The van der Waals surface area contributed by atoms with Crippen LogP contribution in [0.3, 0.4) is 0 Å². The lowest BCUT2D eigenvalue weighted by atomic mass is 10.2. The minimum absolute atomic E-state index is 0.124. The van der Waals surface area contributed by atoms with Gasteiger partial charge in [0.1, 0.15) is 0 Å². The Balaban J connectivity index is 3.59. The van der Waals surface area contributed by atoms with E-state index in [1.165, 1.54) is 11.6 Å². The fourth-order valence-corrected chi connectivity index (χ4v) is 1.20. The van der Waals surface area contributed by atoms with Gasteiger partial charge in [0, 0.05) is 12.7 Å². The minimum atomic E-state index is -2.71. The molecule has 0 fully saturated rings. The number of amidine groups is 1. The normalized spacial score (nSPS) is 15.5. The molecule has 0 aromatic heterocycles. The zero-order chi connectivity index (χ0) is 8.91. The first-order chi connectivity index (χ1) is 4.92. The van der Waals surface area contributed by atoms with E-state index in [-0.39, 0.29) is 5.84 Å². The number of hydrogen-bond donors (Lipinski definition) is 3. The van der Waals surface area contributed by atoms with E-state index >= 15 is 0 Å². The summed E-state index contributed by atoms with van der Waals surface area (Å²) in [5.74, 6) is 0.124. The molecule has 0 aliphatic rings. The Bertz CT molecular complexity index is 233. The highest BCUT2D eigenvalue weighted by Crippen LogP contribution is 1.92. The van der Waals surface area contributed by atoms with Crippen LogP contribution in [0.25, 0.3) is 0 Å². The van der Waals surface area contributed by atoms with E-state index in [0.717, 1.165) is 0 Å². The maximum Gasteiger partial charge on any atom is 0.0905 e. The third-order valence-electron chi connectivity index (χ3n) is 1.08. The fraction of sp³-hybridized carbons (Fsp3) is 0.667. The molecule has 4 N–H and O–H groups in total.